The first-order valence-corrected chi connectivity index (χ1v) is 6.59. The second-order valence-electron chi connectivity index (χ2n) is 4.50. The highest BCUT2D eigenvalue weighted by Crippen LogP contribution is 2.24. The molecule has 0 heterocycles. The number of carbonyl (C=O) groups excluding carboxylic acids is 1. The van der Waals surface area contributed by atoms with Crippen LogP contribution in [0.4, 0.5) is 11.4 Å². The number of nitro groups is 1. The molecule has 110 valence electrons. The minimum atomic E-state index is -0.553. The van der Waals surface area contributed by atoms with E-state index in [1.54, 1.807) is 0 Å². The van der Waals surface area contributed by atoms with E-state index in [4.69, 9.17) is 5.84 Å². The lowest BCUT2D eigenvalue weighted by molar-refractivity contribution is -0.384. The monoisotopic (exact) mass is 280 g/mol. The molecule has 4 N–H and O–H groups in total. The summed E-state index contributed by atoms with van der Waals surface area (Å²) in [7, 11) is 0. The van der Waals surface area contributed by atoms with Gasteiger partial charge in [-0.25, -0.2) is 0 Å². The van der Waals surface area contributed by atoms with Crippen LogP contribution < -0.4 is 16.6 Å². The van der Waals surface area contributed by atoms with Crippen LogP contribution in [0.1, 0.15) is 43.5 Å². The molecule has 0 aromatic heterocycles. The van der Waals surface area contributed by atoms with Gasteiger partial charge in [-0.15, -0.1) is 0 Å². The van der Waals surface area contributed by atoms with Crippen LogP contribution in [0.25, 0.3) is 0 Å². The maximum atomic E-state index is 12.1. The maximum Gasteiger partial charge on any atom is 0.293 e. The Kier molecular flexibility index (Phi) is 5.92. The SMILES string of the molecule is CCCC(CC)NC(=O)c1ccc([N+](=O)[O-])c(NN)c1. The van der Waals surface area contributed by atoms with Gasteiger partial charge in [0.25, 0.3) is 11.6 Å². The first-order chi connectivity index (χ1) is 9.53. The number of nitrogens with two attached hydrogens (primary N) is 1. The van der Waals surface area contributed by atoms with Gasteiger partial charge in [-0.1, -0.05) is 20.3 Å². The Hall–Kier alpha value is -2.15. The lowest BCUT2D eigenvalue weighted by atomic mass is 10.1. The summed E-state index contributed by atoms with van der Waals surface area (Å²) in [6.45, 7) is 4.06. The summed E-state index contributed by atoms with van der Waals surface area (Å²) in [6, 6.07) is 4.18. The average Bonchev–Trinajstić information content (AvgIpc) is 2.45. The van der Waals surface area contributed by atoms with Crippen LogP contribution in [0, 0.1) is 10.1 Å². The molecule has 0 bridgehead atoms. The molecule has 0 aliphatic rings. The molecular formula is C13H20N4O3. The number of benzene rings is 1. The number of nitrogen functional groups attached to an aromatic ring is 1. The van der Waals surface area contributed by atoms with Crippen molar-refractivity contribution in [3.8, 4) is 0 Å². The number of anilines is 1. The van der Waals surface area contributed by atoms with Crippen LogP contribution in [-0.2, 0) is 0 Å². The van der Waals surface area contributed by atoms with Gasteiger partial charge < -0.3 is 10.7 Å². The van der Waals surface area contributed by atoms with Gasteiger partial charge >= 0.3 is 0 Å². The first kappa shape index (κ1) is 15.9. The van der Waals surface area contributed by atoms with Crippen molar-refractivity contribution in [2.24, 2.45) is 5.84 Å². The molecule has 20 heavy (non-hydrogen) atoms. The molecule has 1 unspecified atom stereocenters. The van der Waals surface area contributed by atoms with E-state index in [1.807, 2.05) is 6.92 Å². The van der Waals surface area contributed by atoms with Gasteiger partial charge in [-0.3, -0.25) is 20.8 Å². The average molecular weight is 280 g/mol. The standard InChI is InChI=1S/C13H20N4O3/c1-3-5-10(4-2)15-13(18)9-6-7-12(17(19)20)11(8-9)16-14/h6-8,10,16H,3-5,14H2,1-2H3,(H,15,18). The molecule has 0 radical (unpaired) electrons. The zero-order valence-corrected chi connectivity index (χ0v) is 11.7. The van der Waals surface area contributed by atoms with Gasteiger partial charge in [0.15, 0.2) is 0 Å². The fourth-order valence-electron chi connectivity index (χ4n) is 1.95. The lowest BCUT2D eigenvalue weighted by Gasteiger charge is -2.16. The second kappa shape index (κ2) is 7.44. The normalized spacial score (nSPS) is 11.8. The zero-order chi connectivity index (χ0) is 15.1. The summed E-state index contributed by atoms with van der Waals surface area (Å²) in [4.78, 5) is 22.3. The molecule has 0 spiro atoms. The topological polar surface area (TPSA) is 110 Å². The van der Waals surface area contributed by atoms with Gasteiger partial charge in [0.05, 0.1) is 4.92 Å². The molecule has 0 aliphatic carbocycles. The summed E-state index contributed by atoms with van der Waals surface area (Å²) >= 11 is 0. The molecule has 7 nitrogen and oxygen atoms in total. The van der Waals surface area contributed by atoms with E-state index in [9.17, 15) is 14.9 Å². The quantitative estimate of drug-likeness (QED) is 0.403. The summed E-state index contributed by atoms with van der Waals surface area (Å²) < 4.78 is 0. The molecule has 0 saturated carbocycles. The third-order valence-corrected chi connectivity index (χ3v) is 3.08. The van der Waals surface area contributed by atoms with Gasteiger partial charge in [0.2, 0.25) is 0 Å². The molecule has 7 heteroatoms. The lowest BCUT2D eigenvalue weighted by Crippen LogP contribution is -2.34. The smallest absolute Gasteiger partial charge is 0.293 e. The van der Waals surface area contributed by atoms with Crippen LogP contribution >= 0.6 is 0 Å². The molecule has 0 aliphatic heterocycles. The Morgan fingerprint density at radius 1 is 1.45 bits per heavy atom. The maximum absolute atomic E-state index is 12.1. The van der Waals surface area contributed by atoms with E-state index in [2.05, 4.69) is 17.7 Å². The number of hydrogen-bond acceptors (Lipinski definition) is 5. The van der Waals surface area contributed by atoms with Crippen LogP contribution in [0.2, 0.25) is 0 Å². The first-order valence-electron chi connectivity index (χ1n) is 6.59. The van der Waals surface area contributed by atoms with Crippen LogP contribution in [-0.4, -0.2) is 16.9 Å². The summed E-state index contributed by atoms with van der Waals surface area (Å²) in [5, 5.41) is 13.7. The number of amides is 1. The van der Waals surface area contributed by atoms with Gasteiger partial charge in [0.1, 0.15) is 5.69 Å². The number of carbonyl (C=O) groups is 1. The van der Waals surface area contributed by atoms with Crippen molar-refractivity contribution in [3.63, 3.8) is 0 Å². The van der Waals surface area contributed by atoms with E-state index in [-0.39, 0.29) is 23.3 Å². The van der Waals surface area contributed by atoms with E-state index < -0.39 is 4.92 Å². The number of hydrogen-bond donors (Lipinski definition) is 3. The van der Waals surface area contributed by atoms with Crippen LogP contribution in [0.3, 0.4) is 0 Å². The molecule has 1 rings (SSSR count). The van der Waals surface area contributed by atoms with Crippen molar-refractivity contribution in [2.75, 3.05) is 5.43 Å². The molecule has 0 saturated heterocycles. The fraction of sp³-hybridized carbons (Fsp3) is 0.462. The van der Waals surface area contributed by atoms with Gasteiger partial charge in [-0.05, 0) is 25.0 Å². The van der Waals surface area contributed by atoms with Crippen molar-refractivity contribution in [1.29, 1.82) is 0 Å². The summed E-state index contributed by atoms with van der Waals surface area (Å²) in [5.41, 5.74) is 2.54. The minimum absolute atomic E-state index is 0.108. The van der Waals surface area contributed by atoms with Crippen molar-refractivity contribution in [3.05, 3.63) is 33.9 Å². The number of nitrogens with one attached hydrogen (secondary N) is 2. The third kappa shape index (κ3) is 3.92. The minimum Gasteiger partial charge on any atom is -0.349 e. The molecule has 1 aromatic rings. The van der Waals surface area contributed by atoms with Crippen LogP contribution in [0.5, 0.6) is 0 Å². The number of nitro benzene ring substituents is 1. The molecular weight excluding hydrogens is 260 g/mol. The van der Waals surface area contributed by atoms with E-state index >= 15 is 0 Å². The summed E-state index contributed by atoms with van der Waals surface area (Å²) in [6.07, 6.45) is 2.72. The Balaban J connectivity index is 2.91. The van der Waals surface area contributed by atoms with Gasteiger partial charge in [-0.2, -0.15) is 0 Å². The molecule has 0 fully saturated rings. The van der Waals surface area contributed by atoms with E-state index in [1.165, 1.54) is 18.2 Å². The number of hydrazine groups is 1. The predicted octanol–water partition coefficient (Wildman–Crippen LogP) is 2.19. The Morgan fingerprint density at radius 3 is 2.65 bits per heavy atom. The zero-order valence-electron chi connectivity index (χ0n) is 11.7. The number of nitrogens with zero attached hydrogens (tertiary/aromatic N) is 1. The van der Waals surface area contributed by atoms with E-state index in [0.717, 1.165) is 19.3 Å². The highest BCUT2D eigenvalue weighted by atomic mass is 16.6. The van der Waals surface area contributed by atoms with Crippen molar-refractivity contribution < 1.29 is 9.72 Å². The predicted molar refractivity (Wildman–Crippen MR) is 77.4 cm³/mol. The van der Waals surface area contributed by atoms with Crippen molar-refractivity contribution in [1.82, 2.24) is 5.32 Å². The van der Waals surface area contributed by atoms with Gasteiger partial charge in [0, 0.05) is 17.7 Å². The Morgan fingerprint density at radius 2 is 2.15 bits per heavy atom. The van der Waals surface area contributed by atoms with E-state index in [0.29, 0.717) is 5.56 Å². The highest BCUT2D eigenvalue weighted by molar-refractivity contribution is 5.96. The van der Waals surface area contributed by atoms with Crippen molar-refractivity contribution in [2.45, 2.75) is 39.2 Å². The fourth-order valence-corrected chi connectivity index (χ4v) is 1.95. The largest absolute Gasteiger partial charge is 0.349 e. The summed E-state index contributed by atoms with van der Waals surface area (Å²) in [5.74, 6) is 4.99. The second-order valence-corrected chi connectivity index (χ2v) is 4.50. The Bertz CT molecular complexity index is 491. The molecule has 1 amide bonds. The third-order valence-electron chi connectivity index (χ3n) is 3.08. The number of rotatable bonds is 7. The van der Waals surface area contributed by atoms with Crippen LogP contribution in [0.15, 0.2) is 18.2 Å². The van der Waals surface area contributed by atoms with Crippen molar-refractivity contribution >= 4 is 17.3 Å². The molecule has 1 aromatic carbocycles. The highest BCUT2D eigenvalue weighted by Gasteiger charge is 2.17. The Labute approximate surface area is 117 Å². The molecule has 1 atom stereocenters.